The number of aliphatic imine (C=N–C) groups is 1. The van der Waals surface area contributed by atoms with E-state index in [-0.39, 0.29) is 36.4 Å². The van der Waals surface area contributed by atoms with Crippen LogP contribution in [0, 0.1) is 5.92 Å². The molecule has 174 valence electrons. The molecule has 1 aromatic heterocycles. The molecule has 2 fully saturated rings. The maximum atomic E-state index is 12.2. The Balaban J connectivity index is 0.00000289. The van der Waals surface area contributed by atoms with Gasteiger partial charge in [0, 0.05) is 32.7 Å². The van der Waals surface area contributed by atoms with E-state index in [0.29, 0.717) is 18.5 Å². The monoisotopic (exact) mass is 551 g/mol. The first kappa shape index (κ1) is 24.6. The van der Waals surface area contributed by atoms with Crippen molar-refractivity contribution in [3.8, 4) is 0 Å². The zero-order valence-corrected chi connectivity index (χ0v) is 21.0. The van der Waals surface area contributed by atoms with E-state index < -0.39 is 0 Å². The molecule has 2 saturated heterocycles. The van der Waals surface area contributed by atoms with E-state index in [1.807, 2.05) is 12.1 Å². The summed E-state index contributed by atoms with van der Waals surface area (Å²) in [6, 6.07) is 15.1. The first-order valence-electron chi connectivity index (χ1n) is 11.3. The topological polar surface area (TPSA) is 73.1 Å². The molecule has 2 aliphatic rings. The Hall–Kier alpha value is -2.07. The normalized spacial score (nSPS) is 21.4. The summed E-state index contributed by atoms with van der Waals surface area (Å²) in [6.07, 6.45) is 5.23. The van der Waals surface area contributed by atoms with Crippen LogP contribution in [0.5, 0.6) is 0 Å². The van der Waals surface area contributed by atoms with E-state index in [4.69, 9.17) is 4.42 Å². The third-order valence-electron chi connectivity index (χ3n) is 6.37. The Bertz CT molecular complexity index is 859. The van der Waals surface area contributed by atoms with Gasteiger partial charge in [0.15, 0.2) is 5.96 Å². The summed E-state index contributed by atoms with van der Waals surface area (Å²) in [5.41, 5.74) is 1.39. The Morgan fingerprint density at radius 2 is 1.97 bits per heavy atom. The predicted octanol–water partition coefficient (Wildman–Crippen LogP) is 3.08. The van der Waals surface area contributed by atoms with Gasteiger partial charge >= 0.3 is 0 Å². The van der Waals surface area contributed by atoms with Crippen LogP contribution < -0.4 is 10.6 Å². The lowest BCUT2D eigenvalue weighted by molar-refractivity contribution is -0.120. The quantitative estimate of drug-likeness (QED) is 0.328. The number of nitrogens with one attached hydrogen (secondary N) is 2. The molecule has 2 N–H and O–H groups in total. The Morgan fingerprint density at radius 1 is 1.12 bits per heavy atom. The van der Waals surface area contributed by atoms with Crippen molar-refractivity contribution >= 4 is 35.8 Å². The van der Waals surface area contributed by atoms with Crippen LogP contribution in [0.3, 0.4) is 0 Å². The van der Waals surface area contributed by atoms with Gasteiger partial charge in [-0.2, -0.15) is 0 Å². The van der Waals surface area contributed by atoms with Gasteiger partial charge in [-0.3, -0.25) is 14.7 Å². The number of rotatable bonds is 6. The largest absolute Gasteiger partial charge is 0.467 e. The number of hydrogen-bond donors (Lipinski definition) is 2. The first-order chi connectivity index (χ1) is 15.2. The van der Waals surface area contributed by atoms with Gasteiger partial charge in [0.05, 0.1) is 19.4 Å². The van der Waals surface area contributed by atoms with Gasteiger partial charge in [-0.15, -0.1) is 24.0 Å². The molecule has 2 atom stereocenters. The number of fused-ring (bicyclic) bond motifs is 1. The van der Waals surface area contributed by atoms with Gasteiger partial charge in [0.1, 0.15) is 5.76 Å². The molecule has 3 heterocycles. The molecule has 1 amide bonds. The average molecular weight is 551 g/mol. The molecule has 2 aliphatic heterocycles. The second kappa shape index (κ2) is 12.2. The molecule has 0 spiro atoms. The van der Waals surface area contributed by atoms with Crippen molar-refractivity contribution in [2.45, 2.75) is 38.4 Å². The minimum Gasteiger partial charge on any atom is -0.467 e. The van der Waals surface area contributed by atoms with Crippen LogP contribution in [0.4, 0.5) is 0 Å². The average Bonchev–Trinajstić information content (AvgIpc) is 3.33. The Labute approximate surface area is 207 Å². The summed E-state index contributed by atoms with van der Waals surface area (Å²) in [7, 11) is 1.79. The van der Waals surface area contributed by atoms with Gasteiger partial charge in [-0.25, -0.2) is 0 Å². The highest BCUT2D eigenvalue weighted by atomic mass is 127. The molecule has 4 rings (SSSR count). The molecule has 1 aromatic carbocycles. The molecule has 0 aliphatic carbocycles. The van der Waals surface area contributed by atoms with Crippen LogP contribution >= 0.6 is 24.0 Å². The van der Waals surface area contributed by atoms with Crippen LogP contribution in [0.2, 0.25) is 0 Å². The summed E-state index contributed by atoms with van der Waals surface area (Å²) >= 11 is 0. The number of piperidine rings is 2. The maximum Gasteiger partial charge on any atom is 0.239 e. The highest BCUT2D eigenvalue weighted by Crippen LogP contribution is 2.31. The molecule has 2 aromatic rings. The SMILES string of the molecule is CN=C(NCC(=O)NCc1ccco1)N1CCC2C(CCCN2Cc2ccccc2)C1.I. The lowest BCUT2D eigenvalue weighted by atomic mass is 9.83. The summed E-state index contributed by atoms with van der Waals surface area (Å²) in [5.74, 6) is 2.13. The fraction of sp³-hybridized carbons (Fsp3) is 0.500. The standard InChI is InChI=1S/C24H33N5O2.HI/c1-25-24(27-16-23(30)26-15-21-10-6-14-31-21)29-13-11-22-20(18-29)9-5-12-28(22)17-19-7-3-2-4-8-19;/h2-4,6-8,10,14,20,22H,5,9,11-13,15-18H2,1H3,(H,25,27)(H,26,30);1H. The highest BCUT2D eigenvalue weighted by Gasteiger charge is 2.36. The van der Waals surface area contributed by atoms with Crippen molar-refractivity contribution in [1.82, 2.24) is 20.4 Å². The van der Waals surface area contributed by atoms with Gasteiger partial charge in [-0.05, 0) is 49.4 Å². The van der Waals surface area contributed by atoms with Crippen LogP contribution in [-0.2, 0) is 17.9 Å². The van der Waals surface area contributed by atoms with Gasteiger partial charge < -0.3 is 20.0 Å². The van der Waals surface area contributed by atoms with E-state index in [0.717, 1.165) is 37.8 Å². The molecule has 2 unspecified atom stereocenters. The first-order valence-corrected chi connectivity index (χ1v) is 11.3. The van der Waals surface area contributed by atoms with Crippen molar-refractivity contribution in [2.75, 3.05) is 33.2 Å². The van der Waals surface area contributed by atoms with E-state index in [2.05, 4.69) is 55.8 Å². The lowest BCUT2D eigenvalue weighted by Gasteiger charge is -2.48. The number of guanidine groups is 1. The summed E-state index contributed by atoms with van der Waals surface area (Å²) < 4.78 is 5.25. The number of nitrogens with zero attached hydrogens (tertiary/aromatic N) is 3. The maximum absolute atomic E-state index is 12.2. The second-order valence-corrected chi connectivity index (χ2v) is 8.42. The van der Waals surface area contributed by atoms with Crippen molar-refractivity contribution in [1.29, 1.82) is 0 Å². The molecular weight excluding hydrogens is 517 g/mol. The van der Waals surface area contributed by atoms with E-state index in [1.54, 1.807) is 13.3 Å². The fourth-order valence-corrected chi connectivity index (χ4v) is 4.87. The second-order valence-electron chi connectivity index (χ2n) is 8.42. The van der Waals surface area contributed by atoms with Crippen LogP contribution in [0.15, 0.2) is 58.1 Å². The Kier molecular flexibility index (Phi) is 9.40. The number of hydrogen-bond acceptors (Lipinski definition) is 4. The van der Waals surface area contributed by atoms with Gasteiger partial charge in [0.2, 0.25) is 5.91 Å². The van der Waals surface area contributed by atoms with E-state index in [1.165, 1.54) is 24.9 Å². The molecule has 8 heteroatoms. The van der Waals surface area contributed by atoms with Gasteiger partial charge in [-0.1, -0.05) is 30.3 Å². The molecular formula is C24H34IN5O2. The lowest BCUT2D eigenvalue weighted by Crippen LogP contribution is -2.57. The minimum absolute atomic E-state index is 0. The van der Waals surface area contributed by atoms with Crippen molar-refractivity contribution in [2.24, 2.45) is 10.9 Å². The smallest absolute Gasteiger partial charge is 0.239 e. The molecule has 32 heavy (non-hydrogen) atoms. The number of amides is 1. The minimum atomic E-state index is -0.0702. The van der Waals surface area contributed by atoms with Crippen molar-refractivity contribution < 1.29 is 9.21 Å². The number of halogens is 1. The highest BCUT2D eigenvalue weighted by molar-refractivity contribution is 14.0. The summed E-state index contributed by atoms with van der Waals surface area (Å²) in [5, 5.41) is 6.10. The van der Waals surface area contributed by atoms with E-state index >= 15 is 0 Å². The number of likely N-dealkylation sites (tertiary alicyclic amines) is 2. The fourth-order valence-electron chi connectivity index (χ4n) is 4.87. The number of carbonyl (C=O) groups excluding carboxylic acids is 1. The van der Waals surface area contributed by atoms with Crippen molar-refractivity contribution in [3.63, 3.8) is 0 Å². The van der Waals surface area contributed by atoms with Gasteiger partial charge in [0.25, 0.3) is 0 Å². The van der Waals surface area contributed by atoms with Crippen LogP contribution in [0.25, 0.3) is 0 Å². The zero-order valence-electron chi connectivity index (χ0n) is 18.7. The third-order valence-corrected chi connectivity index (χ3v) is 6.37. The van der Waals surface area contributed by atoms with Crippen molar-refractivity contribution in [3.05, 3.63) is 60.1 Å². The molecule has 0 saturated carbocycles. The van der Waals surface area contributed by atoms with Crippen LogP contribution in [0.1, 0.15) is 30.6 Å². The molecule has 7 nitrogen and oxygen atoms in total. The number of furan rings is 1. The third kappa shape index (κ3) is 6.48. The predicted molar refractivity (Wildman–Crippen MR) is 137 cm³/mol. The zero-order chi connectivity index (χ0) is 21.5. The molecule has 0 radical (unpaired) electrons. The Morgan fingerprint density at radius 3 is 2.72 bits per heavy atom. The number of benzene rings is 1. The van der Waals surface area contributed by atoms with E-state index in [9.17, 15) is 4.79 Å². The summed E-state index contributed by atoms with van der Waals surface area (Å²) in [4.78, 5) is 21.6. The summed E-state index contributed by atoms with van der Waals surface area (Å²) in [6.45, 7) is 4.77. The number of carbonyl (C=O) groups is 1. The van der Waals surface area contributed by atoms with Crippen LogP contribution in [-0.4, -0.2) is 60.9 Å². The molecule has 0 bridgehead atoms.